The lowest BCUT2D eigenvalue weighted by Crippen LogP contribution is -2.54. The van der Waals surface area contributed by atoms with Crippen LogP contribution in [0.1, 0.15) is 6.42 Å². The fourth-order valence-electron chi connectivity index (χ4n) is 2.35. The molecule has 0 aromatic carbocycles. The molecule has 0 saturated carbocycles. The highest BCUT2D eigenvalue weighted by Gasteiger charge is 2.58. The third-order valence-corrected chi connectivity index (χ3v) is 14.8. The molecule has 3 heterocycles. The first kappa shape index (κ1) is 25.1. The smallest absolute Gasteiger partial charge is 0.239 e. The number of hydrogen-bond acceptors (Lipinski definition) is 18. The van der Waals surface area contributed by atoms with Crippen LogP contribution in [-0.2, 0) is 85.8 Å². The molecule has 3 aliphatic heterocycles. The Balaban J connectivity index is 1.95. The molecule has 0 aliphatic carbocycles. The molecule has 18 nitrogen and oxygen atoms in total. The second kappa shape index (κ2) is 7.49. The monoisotopic (exact) mass is 574 g/mol. The topological polar surface area (TPSA) is 260 Å². The zero-order valence-electron chi connectivity index (χ0n) is 14.2. The van der Waals surface area contributed by atoms with E-state index in [0.29, 0.717) is 0 Å². The highest BCUT2D eigenvalue weighted by molar-refractivity contribution is 8.07. The Hall–Kier alpha value is -0.540. The molecule has 3 fully saturated rings. The van der Waals surface area contributed by atoms with Gasteiger partial charge in [-0.3, -0.25) is 0 Å². The van der Waals surface area contributed by atoms with Gasteiger partial charge >= 0.3 is 0 Å². The summed E-state index contributed by atoms with van der Waals surface area (Å²) in [7, 11) is -30.9. The molecular formula is C7H10O18S6. The van der Waals surface area contributed by atoms with Gasteiger partial charge in [0, 0.05) is 6.42 Å². The minimum atomic E-state index is -5.51. The molecule has 24 heteroatoms. The molecule has 3 rings (SSSR count). The Kier molecular flexibility index (Phi) is 6.06. The number of hydrogen-bond donors (Lipinski definition) is 0. The summed E-state index contributed by atoms with van der Waals surface area (Å²) in [5.74, 6) is 0. The fraction of sp³-hybridized carbons (Fsp3) is 1.00. The van der Waals surface area contributed by atoms with Crippen LogP contribution in [0.15, 0.2) is 0 Å². The minimum absolute atomic E-state index is 1.26. The van der Waals surface area contributed by atoms with Gasteiger partial charge < -0.3 is 0 Å². The summed E-state index contributed by atoms with van der Waals surface area (Å²) in [5, 5.41) is -1.68. The maximum atomic E-state index is 12.3. The van der Waals surface area contributed by atoms with E-state index in [1.165, 1.54) is 0 Å². The molecule has 0 radical (unpaired) electrons. The van der Waals surface area contributed by atoms with E-state index in [4.69, 9.17) is 0 Å². The van der Waals surface area contributed by atoms with Crippen LogP contribution >= 0.6 is 0 Å². The molecule has 0 bridgehead atoms. The van der Waals surface area contributed by atoms with Crippen LogP contribution in [0.25, 0.3) is 0 Å². The van der Waals surface area contributed by atoms with E-state index in [9.17, 15) is 50.5 Å². The summed E-state index contributed by atoms with van der Waals surface area (Å²) in [6.07, 6.45) is -7.31. The Bertz CT molecular complexity index is 1290. The Morgan fingerprint density at radius 3 is 1.29 bits per heavy atom. The summed E-state index contributed by atoms with van der Waals surface area (Å²) < 4.78 is 161. The van der Waals surface area contributed by atoms with Gasteiger partial charge in [0.1, 0.15) is 0 Å². The molecule has 0 aromatic rings. The van der Waals surface area contributed by atoms with Crippen molar-refractivity contribution in [2.45, 2.75) is 28.2 Å². The van der Waals surface area contributed by atoms with Crippen molar-refractivity contribution in [2.75, 3.05) is 11.9 Å². The van der Waals surface area contributed by atoms with Gasteiger partial charge in [0.15, 0.2) is 6.79 Å². The predicted molar refractivity (Wildman–Crippen MR) is 89.5 cm³/mol. The summed E-state index contributed by atoms with van der Waals surface area (Å²) in [4.78, 5) is 0. The van der Waals surface area contributed by atoms with Gasteiger partial charge in [0.25, 0.3) is 60.7 Å². The van der Waals surface area contributed by atoms with Crippen molar-refractivity contribution in [2.24, 2.45) is 0 Å². The van der Waals surface area contributed by atoms with Crippen LogP contribution < -0.4 is 0 Å². The Morgan fingerprint density at radius 1 is 0.516 bits per heavy atom. The lowest BCUT2D eigenvalue weighted by Gasteiger charge is -2.33. The minimum Gasteiger partial charge on any atom is -0.239 e. The third kappa shape index (κ3) is 5.18. The van der Waals surface area contributed by atoms with E-state index in [2.05, 4.69) is 25.1 Å². The molecule has 0 atom stereocenters. The van der Waals surface area contributed by atoms with Gasteiger partial charge in [-0.1, -0.05) is 0 Å². The van der Waals surface area contributed by atoms with Crippen LogP contribution in [0.3, 0.4) is 0 Å². The molecule has 182 valence electrons. The van der Waals surface area contributed by atoms with Gasteiger partial charge in [0.05, 0.1) is 0 Å². The standard InChI is InChI=1S/C7H10O18S6/c8-26(9)3-27(10,11)23-6(22-26)7-24-30(16,17)5(31(18,19)25-7)1-4-28(12,13)20-2-21-29(4,14)15/h4-7H,1-3H2. The van der Waals surface area contributed by atoms with Gasteiger partial charge in [0.2, 0.25) is 26.8 Å². The van der Waals surface area contributed by atoms with E-state index >= 15 is 0 Å². The van der Waals surface area contributed by atoms with E-state index in [-0.39, 0.29) is 0 Å². The molecule has 3 aliphatic rings. The van der Waals surface area contributed by atoms with Crippen LogP contribution in [0.2, 0.25) is 0 Å². The number of rotatable bonds is 3. The second-order valence-corrected chi connectivity index (χ2v) is 17.0. The van der Waals surface area contributed by atoms with Crippen molar-refractivity contribution in [3.05, 3.63) is 0 Å². The normalized spacial score (nSPS) is 36.4. The zero-order valence-corrected chi connectivity index (χ0v) is 19.1. The SMILES string of the molecule is O=S1(=O)CS(=O)(=O)OC(C2OS(=O)(=O)C(CC3S(=O)(=O)OCOS3(=O)=O)S(=O)(=O)O2)O1. The van der Waals surface area contributed by atoms with Gasteiger partial charge in [-0.15, -0.1) is 0 Å². The highest BCUT2D eigenvalue weighted by atomic mass is 32.3. The lowest BCUT2D eigenvalue weighted by atomic mass is 10.5. The van der Waals surface area contributed by atoms with Gasteiger partial charge in [-0.25, -0.2) is 25.1 Å². The van der Waals surface area contributed by atoms with E-state index in [1.54, 1.807) is 0 Å². The van der Waals surface area contributed by atoms with Crippen molar-refractivity contribution < 1.29 is 75.6 Å². The van der Waals surface area contributed by atoms with E-state index < -0.39 is 101 Å². The summed E-state index contributed by atoms with van der Waals surface area (Å²) in [6, 6.07) is 0. The molecule has 0 aromatic heterocycles. The van der Waals surface area contributed by atoms with Gasteiger partial charge in [-0.2, -0.15) is 50.5 Å². The molecule has 0 N–H and O–H groups in total. The predicted octanol–water partition coefficient (Wildman–Crippen LogP) is -4.28. The molecule has 3 saturated heterocycles. The average molecular weight is 575 g/mol. The maximum absolute atomic E-state index is 12.3. The second-order valence-electron chi connectivity index (χ2n) is 5.77. The van der Waals surface area contributed by atoms with E-state index in [0.717, 1.165) is 0 Å². The van der Waals surface area contributed by atoms with Crippen molar-refractivity contribution >= 4 is 60.7 Å². The summed E-state index contributed by atoms with van der Waals surface area (Å²) in [5.41, 5.74) is 0. The lowest BCUT2D eigenvalue weighted by molar-refractivity contribution is -0.152. The summed E-state index contributed by atoms with van der Waals surface area (Å²) >= 11 is 0. The zero-order chi connectivity index (χ0) is 23.7. The van der Waals surface area contributed by atoms with E-state index in [1.807, 2.05) is 0 Å². The fourth-order valence-corrected chi connectivity index (χ4v) is 12.0. The van der Waals surface area contributed by atoms with Crippen LogP contribution in [-0.4, -0.2) is 84.1 Å². The highest BCUT2D eigenvalue weighted by Crippen LogP contribution is 2.35. The van der Waals surface area contributed by atoms with Crippen LogP contribution in [0, 0.1) is 0 Å². The van der Waals surface area contributed by atoms with Crippen molar-refractivity contribution in [3.8, 4) is 0 Å². The van der Waals surface area contributed by atoms with Crippen molar-refractivity contribution in [1.82, 2.24) is 0 Å². The first-order chi connectivity index (χ1) is 13.8. The first-order valence-electron chi connectivity index (χ1n) is 7.19. The first-order valence-corrected chi connectivity index (χ1v) is 16.2. The van der Waals surface area contributed by atoms with Crippen molar-refractivity contribution in [1.29, 1.82) is 0 Å². The Morgan fingerprint density at radius 2 is 0.871 bits per heavy atom. The third-order valence-electron chi connectivity index (χ3n) is 3.55. The van der Waals surface area contributed by atoms with Crippen LogP contribution in [0.5, 0.6) is 0 Å². The summed E-state index contributed by atoms with van der Waals surface area (Å²) in [6.45, 7) is -1.26. The molecule has 0 spiro atoms. The Labute approximate surface area is 176 Å². The quantitative estimate of drug-likeness (QED) is 0.289. The van der Waals surface area contributed by atoms with Crippen LogP contribution in [0.4, 0.5) is 0 Å². The molecular weight excluding hydrogens is 564 g/mol. The molecule has 31 heavy (non-hydrogen) atoms. The molecule has 0 amide bonds. The average Bonchev–Trinajstić information content (AvgIpc) is 2.47. The largest absolute Gasteiger partial charge is 0.290 e. The molecule has 0 unspecified atom stereocenters. The maximum Gasteiger partial charge on any atom is 0.290 e. The van der Waals surface area contributed by atoms with Crippen molar-refractivity contribution in [3.63, 3.8) is 0 Å². The van der Waals surface area contributed by atoms with Gasteiger partial charge in [-0.05, 0) is 0 Å².